The highest BCUT2D eigenvalue weighted by Gasteiger charge is 2.16. The van der Waals surface area contributed by atoms with Gasteiger partial charge in [0, 0.05) is 19.7 Å². The van der Waals surface area contributed by atoms with Crippen LogP contribution >= 0.6 is 0 Å². The molecule has 0 bridgehead atoms. The minimum atomic E-state index is 0.284. The molecule has 15 heavy (non-hydrogen) atoms. The minimum absolute atomic E-state index is 0.284. The number of rotatable bonds is 1. The molecule has 3 heteroatoms. The summed E-state index contributed by atoms with van der Waals surface area (Å²) in [6, 6.07) is 8.03. The topological polar surface area (TPSA) is 38.5 Å². The number of anilines is 2. The number of nitrogens with two attached hydrogens (primary N) is 1. The van der Waals surface area contributed by atoms with E-state index in [1.165, 1.54) is 0 Å². The molecule has 1 aromatic rings. The quantitative estimate of drug-likeness (QED) is 0.713. The van der Waals surface area contributed by atoms with Crippen LogP contribution in [0, 0.1) is 0 Å². The molecule has 0 saturated carbocycles. The predicted octanol–water partition coefficient (Wildman–Crippen LogP) is 1.88. The Labute approximate surface area is 90.8 Å². The summed E-state index contributed by atoms with van der Waals surface area (Å²) in [5, 5.41) is 0. The maximum atomic E-state index is 5.97. The maximum Gasteiger partial charge on any atom is 0.0721 e. The number of para-hydroxylation sites is 2. The van der Waals surface area contributed by atoms with Gasteiger partial charge in [0.15, 0.2) is 0 Å². The van der Waals surface area contributed by atoms with Gasteiger partial charge < -0.3 is 15.4 Å². The monoisotopic (exact) mass is 206 g/mol. The molecule has 1 aliphatic heterocycles. The molecule has 1 saturated heterocycles. The first-order valence-corrected chi connectivity index (χ1v) is 5.48. The molecule has 1 heterocycles. The fourth-order valence-corrected chi connectivity index (χ4v) is 1.99. The zero-order valence-electron chi connectivity index (χ0n) is 9.15. The third-order valence-electron chi connectivity index (χ3n) is 2.73. The van der Waals surface area contributed by atoms with Crippen LogP contribution in [0.5, 0.6) is 0 Å². The lowest BCUT2D eigenvalue weighted by molar-refractivity contribution is 0.0821. The van der Waals surface area contributed by atoms with Crippen molar-refractivity contribution in [1.29, 1.82) is 0 Å². The fourth-order valence-electron chi connectivity index (χ4n) is 1.99. The van der Waals surface area contributed by atoms with E-state index in [1.807, 2.05) is 18.2 Å². The number of nitrogens with zero attached hydrogens (tertiary/aromatic N) is 1. The Bertz CT molecular complexity index is 327. The van der Waals surface area contributed by atoms with Gasteiger partial charge in [-0.25, -0.2) is 0 Å². The van der Waals surface area contributed by atoms with Crippen LogP contribution in [-0.2, 0) is 4.74 Å². The van der Waals surface area contributed by atoms with Crippen LogP contribution in [0.1, 0.15) is 13.3 Å². The van der Waals surface area contributed by atoms with E-state index >= 15 is 0 Å². The molecule has 1 aromatic carbocycles. The normalized spacial score (nSPS) is 22.5. The summed E-state index contributed by atoms with van der Waals surface area (Å²) >= 11 is 0. The summed E-state index contributed by atoms with van der Waals surface area (Å²) in [6.45, 7) is 4.91. The van der Waals surface area contributed by atoms with Gasteiger partial charge in [0.25, 0.3) is 0 Å². The van der Waals surface area contributed by atoms with Crippen molar-refractivity contribution in [2.75, 3.05) is 30.3 Å². The van der Waals surface area contributed by atoms with Crippen molar-refractivity contribution < 1.29 is 4.74 Å². The Kier molecular flexibility index (Phi) is 3.11. The first kappa shape index (κ1) is 10.3. The van der Waals surface area contributed by atoms with Crippen molar-refractivity contribution in [3.05, 3.63) is 24.3 Å². The van der Waals surface area contributed by atoms with Crippen LogP contribution in [0.15, 0.2) is 24.3 Å². The predicted molar refractivity (Wildman–Crippen MR) is 63.1 cm³/mol. The Morgan fingerprint density at radius 3 is 3.00 bits per heavy atom. The fraction of sp³-hybridized carbons (Fsp3) is 0.500. The van der Waals surface area contributed by atoms with Crippen molar-refractivity contribution in [3.8, 4) is 0 Å². The first-order valence-electron chi connectivity index (χ1n) is 5.48. The third kappa shape index (κ3) is 2.42. The average Bonchev–Trinajstić information content (AvgIpc) is 2.43. The molecular weight excluding hydrogens is 188 g/mol. The van der Waals surface area contributed by atoms with E-state index in [0.29, 0.717) is 0 Å². The van der Waals surface area contributed by atoms with E-state index in [9.17, 15) is 0 Å². The molecule has 82 valence electrons. The van der Waals surface area contributed by atoms with Gasteiger partial charge in [0.1, 0.15) is 0 Å². The van der Waals surface area contributed by atoms with Crippen molar-refractivity contribution in [3.63, 3.8) is 0 Å². The largest absolute Gasteiger partial charge is 0.397 e. The first-order chi connectivity index (χ1) is 7.27. The van der Waals surface area contributed by atoms with E-state index < -0.39 is 0 Å². The summed E-state index contributed by atoms with van der Waals surface area (Å²) in [6.07, 6.45) is 1.35. The van der Waals surface area contributed by atoms with Crippen molar-refractivity contribution in [1.82, 2.24) is 0 Å². The van der Waals surface area contributed by atoms with Gasteiger partial charge >= 0.3 is 0 Å². The van der Waals surface area contributed by atoms with Crippen LogP contribution in [0.3, 0.4) is 0 Å². The molecule has 1 fully saturated rings. The second-order valence-electron chi connectivity index (χ2n) is 4.04. The van der Waals surface area contributed by atoms with Gasteiger partial charge in [-0.15, -0.1) is 0 Å². The highest BCUT2D eigenvalue weighted by molar-refractivity contribution is 5.67. The highest BCUT2D eigenvalue weighted by Crippen LogP contribution is 2.24. The molecule has 0 amide bonds. The molecule has 2 rings (SSSR count). The number of nitrogen functional groups attached to an aromatic ring is 1. The number of benzene rings is 1. The van der Waals surface area contributed by atoms with Gasteiger partial charge in [-0.05, 0) is 25.5 Å². The molecule has 2 N–H and O–H groups in total. The van der Waals surface area contributed by atoms with E-state index in [0.717, 1.165) is 37.5 Å². The average molecular weight is 206 g/mol. The maximum absolute atomic E-state index is 5.97. The molecule has 0 aromatic heterocycles. The molecule has 0 spiro atoms. The van der Waals surface area contributed by atoms with Gasteiger partial charge in [-0.2, -0.15) is 0 Å². The Morgan fingerprint density at radius 1 is 1.40 bits per heavy atom. The zero-order chi connectivity index (χ0) is 10.7. The Balaban J connectivity index is 2.18. The summed E-state index contributed by atoms with van der Waals surface area (Å²) in [5.41, 5.74) is 7.95. The minimum Gasteiger partial charge on any atom is -0.397 e. The smallest absolute Gasteiger partial charge is 0.0721 e. The van der Waals surface area contributed by atoms with Crippen LogP contribution in [0.4, 0.5) is 11.4 Å². The van der Waals surface area contributed by atoms with E-state index in [2.05, 4.69) is 17.9 Å². The van der Waals surface area contributed by atoms with E-state index in [-0.39, 0.29) is 6.10 Å². The van der Waals surface area contributed by atoms with E-state index in [1.54, 1.807) is 0 Å². The summed E-state index contributed by atoms with van der Waals surface area (Å²) in [4.78, 5) is 2.31. The molecule has 1 aliphatic rings. The van der Waals surface area contributed by atoms with E-state index in [4.69, 9.17) is 10.5 Å². The summed E-state index contributed by atoms with van der Waals surface area (Å²) < 4.78 is 5.61. The van der Waals surface area contributed by atoms with Crippen LogP contribution < -0.4 is 10.6 Å². The number of hydrogen-bond donors (Lipinski definition) is 1. The second-order valence-corrected chi connectivity index (χ2v) is 4.04. The summed E-state index contributed by atoms with van der Waals surface area (Å²) in [5.74, 6) is 0. The van der Waals surface area contributed by atoms with Gasteiger partial charge in [-0.1, -0.05) is 12.1 Å². The van der Waals surface area contributed by atoms with Crippen LogP contribution in [0.25, 0.3) is 0 Å². The lowest BCUT2D eigenvalue weighted by Gasteiger charge is -2.25. The van der Waals surface area contributed by atoms with Gasteiger partial charge in [0.05, 0.1) is 17.5 Å². The standard InChI is InChI=1S/C12H18N2O/c1-10-9-14(7-4-8-15-10)12-6-3-2-5-11(12)13/h2-3,5-6,10H,4,7-9,13H2,1H3. The third-order valence-corrected chi connectivity index (χ3v) is 2.73. The number of ether oxygens (including phenoxy) is 1. The molecule has 0 aliphatic carbocycles. The molecule has 1 unspecified atom stereocenters. The zero-order valence-corrected chi connectivity index (χ0v) is 9.15. The lowest BCUT2D eigenvalue weighted by atomic mass is 10.2. The molecule has 0 radical (unpaired) electrons. The molecule has 1 atom stereocenters. The van der Waals surface area contributed by atoms with Crippen LogP contribution in [-0.4, -0.2) is 25.8 Å². The summed E-state index contributed by atoms with van der Waals surface area (Å²) in [7, 11) is 0. The van der Waals surface area contributed by atoms with Crippen molar-refractivity contribution in [2.45, 2.75) is 19.4 Å². The molecule has 3 nitrogen and oxygen atoms in total. The number of hydrogen-bond acceptors (Lipinski definition) is 3. The lowest BCUT2D eigenvalue weighted by Crippen LogP contribution is -2.30. The van der Waals surface area contributed by atoms with Crippen molar-refractivity contribution in [2.24, 2.45) is 0 Å². The van der Waals surface area contributed by atoms with Crippen LogP contribution in [0.2, 0.25) is 0 Å². The Morgan fingerprint density at radius 2 is 2.20 bits per heavy atom. The second kappa shape index (κ2) is 4.53. The van der Waals surface area contributed by atoms with Gasteiger partial charge in [-0.3, -0.25) is 0 Å². The highest BCUT2D eigenvalue weighted by atomic mass is 16.5. The van der Waals surface area contributed by atoms with Crippen molar-refractivity contribution >= 4 is 11.4 Å². The van der Waals surface area contributed by atoms with Gasteiger partial charge in [0.2, 0.25) is 0 Å². The molecular formula is C12H18N2O. The Hall–Kier alpha value is -1.22. The SMILES string of the molecule is CC1CN(c2ccccc2N)CCCO1.